The maximum Gasteiger partial charge on any atom is 0.191 e. The Morgan fingerprint density at radius 2 is 2.18 bits per heavy atom. The molecule has 1 aromatic rings. The summed E-state index contributed by atoms with van der Waals surface area (Å²) in [6.07, 6.45) is 6.72. The molecule has 120 valence electrons. The number of aromatic nitrogens is 1. The van der Waals surface area contributed by atoms with Crippen molar-refractivity contribution in [2.24, 2.45) is 0 Å². The second-order valence-electron chi connectivity index (χ2n) is 6.51. The lowest BCUT2D eigenvalue weighted by atomic mass is 9.78. The van der Waals surface area contributed by atoms with Crippen molar-refractivity contribution in [2.75, 3.05) is 14.1 Å². The summed E-state index contributed by atoms with van der Waals surface area (Å²) in [5.41, 5.74) is 1.76. The van der Waals surface area contributed by atoms with Crippen LogP contribution in [0.2, 0.25) is 0 Å². The van der Waals surface area contributed by atoms with E-state index in [0.717, 1.165) is 5.69 Å². The minimum atomic E-state index is -0.215. The van der Waals surface area contributed by atoms with Crippen molar-refractivity contribution in [3.8, 4) is 5.75 Å². The first kappa shape index (κ1) is 16.5. The molecule has 0 radical (unpaired) electrons. The smallest absolute Gasteiger partial charge is 0.191 e. The van der Waals surface area contributed by atoms with Crippen molar-refractivity contribution in [3.05, 3.63) is 35.3 Å². The SMILES string of the molecule is Cc1nc(CNC2(C)CCC2)cc(C(=O)C=CN(C)C)c1O. The van der Waals surface area contributed by atoms with E-state index in [0.29, 0.717) is 17.8 Å². The molecule has 0 unspecified atom stereocenters. The third-order valence-corrected chi connectivity index (χ3v) is 4.16. The van der Waals surface area contributed by atoms with Gasteiger partial charge in [-0.15, -0.1) is 0 Å². The van der Waals surface area contributed by atoms with Crippen LogP contribution in [0.15, 0.2) is 18.3 Å². The van der Waals surface area contributed by atoms with Gasteiger partial charge in [0.15, 0.2) is 5.78 Å². The summed E-state index contributed by atoms with van der Waals surface area (Å²) in [6.45, 7) is 4.53. The van der Waals surface area contributed by atoms with Gasteiger partial charge in [-0.3, -0.25) is 9.78 Å². The fourth-order valence-corrected chi connectivity index (χ4v) is 2.50. The van der Waals surface area contributed by atoms with Crippen LogP contribution < -0.4 is 5.32 Å². The van der Waals surface area contributed by atoms with Crippen LogP contribution in [-0.2, 0) is 6.54 Å². The van der Waals surface area contributed by atoms with E-state index in [1.165, 1.54) is 25.3 Å². The van der Waals surface area contributed by atoms with Crippen molar-refractivity contribution in [3.63, 3.8) is 0 Å². The summed E-state index contributed by atoms with van der Waals surface area (Å²) in [5, 5.41) is 13.6. The number of nitrogens with one attached hydrogen (secondary N) is 1. The third kappa shape index (κ3) is 3.85. The molecule has 0 aromatic carbocycles. The zero-order valence-electron chi connectivity index (χ0n) is 13.8. The highest BCUT2D eigenvalue weighted by atomic mass is 16.3. The third-order valence-electron chi connectivity index (χ3n) is 4.16. The summed E-state index contributed by atoms with van der Waals surface area (Å²) < 4.78 is 0. The highest BCUT2D eigenvalue weighted by Crippen LogP contribution is 2.31. The fraction of sp³-hybridized carbons (Fsp3) is 0.529. The summed E-state index contributed by atoms with van der Waals surface area (Å²) in [6, 6.07) is 1.68. The van der Waals surface area contributed by atoms with Gasteiger partial charge in [-0.25, -0.2) is 0 Å². The van der Waals surface area contributed by atoms with Gasteiger partial charge in [-0.05, 0) is 39.2 Å². The van der Waals surface area contributed by atoms with Gasteiger partial charge in [0.25, 0.3) is 0 Å². The van der Waals surface area contributed by atoms with E-state index in [4.69, 9.17) is 0 Å². The van der Waals surface area contributed by atoms with Crippen LogP contribution in [0.3, 0.4) is 0 Å². The first-order chi connectivity index (χ1) is 10.3. The Morgan fingerprint density at radius 3 is 2.73 bits per heavy atom. The number of rotatable bonds is 6. The maximum absolute atomic E-state index is 12.2. The Balaban J connectivity index is 2.17. The molecule has 1 aliphatic rings. The normalized spacial score (nSPS) is 16.5. The number of aryl methyl sites for hydroxylation is 1. The molecule has 1 heterocycles. The number of carbonyl (C=O) groups is 1. The monoisotopic (exact) mass is 303 g/mol. The Kier molecular flexibility index (Phi) is 4.86. The van der Waals surface area contributed by atoms with Gasteiger partial charge in [0.05, 0.1) is 17.0 Å². The van der Waals surface area contributed by atoms with Gasteiger partial charge in [0, 0.05) is 38.5 Å². The quantitative estimate of drug-likeness (QED) is 0.624. The number of carbonyl (C=O) groups excluding carboxylic acids is 1. The van der Waals surface area contributed by atoms with Crippen LogP contribution in [-0.4, -0.2) is 40.4 Å². The summed E-state index contributed by atoms with van der Waals surface area (Å²) in [4.78, 5) is 18.4. The van der Waals surface area contributed by atoms with E-state index < -0.39 is 0 Å². The molecule has 5 nitrogen and oxygen atoms in total. The lowest BCUT2D eigenvalue weighted by Crippen LogP contribution is -2.47. The van der Waals surface area contributed by atoms with Crippen molar-refractivity contribution >= 4 is 5.78 Å². The molecule has 2 rings (SSSR count). The minimum absolute atomic E-state index is 0.0352. The van der Waals surface area contributed by atoms with Crippen LogP contribution in [0.4, 0.5) is 0 Å². The predicted octanol–water partition coefficient (Wildman–Crippen LogP) is 2.39. The lowest BCUT2D eigenvalue weighted by Gasteiger charge is -2.39. The molecule has 0 bridgehead atoms. The second kappa shape index (κ2) is 6.48. The van der Waals surface area contributed by atoms with Crippen molar-refractivity contribution in [1.82, 2.24) is 15.2 Å². The van der Waals surface area contributed by atoms with Crippen LogP contribution in [0.25, 0.3) is 0 Å². The molecule has 0 atom stereocenters. The van der Waals surface area contributed by atoms with Crippen LogP contribution >= 0.6 is 0 Å². The molecule has 1 saturated carbocycles. The zero-order chi connectivity index (χ0) is 16.3. The largest absolute Gasteiger partial charge is 0.505 e. The molecule has 0 saturated heterocycles. The van der Waals surface area contributed by atoms with Gasteiger partial charge in [0.2, 0.25) is 0 Å². The van der Waals surface area contributed by atoms with Crippen molar-refractivity contribution < 1.29 is 9.90 Å². The lowest BCUT2D eigenvalue weighted by molar-refractivity contribution is 0.104. The number of pyridine rings is 1. The number of ketones is 1. The number of hydrogen-bond acceptors (Lipinski definition) is 5. The molecule has 2 N–H and O–H groups in total. The highest BCUT2D eigenvalue weighted by molar-refractivity contribution is 6.06. The first-order valence-electron chi connectivity index (χ1n) is 7.64. The highest BCUT2D eigenvalue weighted by Gasteiger charge is 2.31. The maximum atomic E-state index is 12.2. The van der Waals surface area contributed by atoms with Crippen LogP contribution in [0.5, 0.6) is 5.75 Å². The molecule has 1 aliphatic carbocycles. The molecule has 0 aliphatic heterocycles. The molecular formula is C17H25N3O2. The molecule has 1 aromatic heterocycles. The van der Waals surface area contributed by atoms with Gasteiger partial charge in [-0.1, -0.05) is 0 Å². The topological polar surface area (TPSA) is 65.5 Å². The average molecular weight is 303 g/mol. The molecule has 22 heavy (non-hydrogen) atoms. The number of nitrogens with zero attached hydrogens (tertiary/aromatic N) is 2. The zero-order valence-corrected chi connectivity index (χ0v) is 13.8. The van der Waals surface area contributed by atoms with Crippen molar-refractivity contribution in [2.45, 2.75) is 45.2 Å². The summed E-state index contributed by atoms with van der Waals surface area (Å²) in [7, 11) is 3.69. The van der Waals surface area contributed by atoms with Crippen LogP contribution in [0.1, 0.15) is 47.9 Å². The van der Waals surface area contributed by atoms with E-state index in [2.05, 4.69) is 17.2 Å². The molecule has 5 heteroatoms. The van der Waals surface area contributed by atoms with Crippen molar-refractivity contribution in [1.29, 1.82) is 0 Å². The van der Waals surface area contributed by atoms with E-state index in [-0.39, 0.29) is 17.1 Å². The van der Waals surface area contributed by atoms with E-state index in [1.807, 2.05) is 14.1 Å². The molecule has 0 amide bonds. The van der Waals surface area contributed by atoms with E-state index in [1.54, 1.807) is 24.1 Å². The average Bonchev–Trinajstić information content (AvgIpc) is 2.43. The fourth-order valence-electron chi connectivity index (χ4n) is 2.50. The van der Waals surface area contributed by atoms with E-state index >= 15 is 0 Å². The van der Waals surface area contributed by atoms with Gasteiger partial charge in [0.1, 0.15) is 5.75 Å². The molecule has 0 spiro atoms. The predicted molar refractivity (Wildman–Crippen MR) is 86.9 cm³/mol. The molecular weight excluding hydrogens is 278 g/mol. The molecule has 1 fully saturated rings. The second-order valence-corrected chi connectivity index (χ2v) is 6.51. The Morgan fingerprint density at radius 1 is 1.50 bits per heavy atom. The van der Waals surface area contributed by atoms with Gasteiger partial charge >= 0.3 is 0 Å². The Hall–Kier alpha value is -1.88. The number of hydrogen-bond donors (Lipinski definition) is 2. The Bertz CT molecular complexity index is 590. The standard InChI is InChI=1S/C17H25N3O2/c1-12-16(22)14(15(21)6-9-20(3)4)10-13(19-12)11-18-17(2)7-5-8-17/h6,9-10,18,22H,5,7-8,11H2,1-4H3. The first-order valence-corrected chi connectivity index (χ1v) is 7.64. The van der Waals surface area contributed by atoms with Crippen LogP contribution in [0, 0.1) is 6.92 Å². The summed E-state index contributed by atoms with van der Waals surface area (Å²) in [5.74, 6) is -0.250. The Labute approximate surface area is 132 Å². The van der Waals surface area contributed by atoms with E-state index in [9.17, 15) is 9.90 Å². The summed E-state index contributed by atoms with van der Waals surface area (Å²) >= 11 is 0. The number of allylic oxidation sites excluding steroid dienone is 1. The number of aromatic hydroxyl groups is 1. The van der Waals surface area contributed by atoms with Gasteiger partial charge in [-0.2, -0.15) is 0 Å². The van der Waals surface area contributed by atoms with Gasteiger partial charge < -0.3 is 15.3 Å². The minimum Gasteiger partial charge on any atom is -0.505 e.